The molecule has 0 bridgehead atoms. The van der Waals surface area contributed by atoms with Crippen LogP contribution in [-0.4, -0.2) is 31.3 Å². The van der Waals surface area contributed by atoms with Gasteiger partial charge in [-0.05, 0) is 66.7 Å². The molecule has 0 saturated carbocycles. The summed E-state index contributed by atoms with van der Waals surface area (Å²) in [5, 5.41) is 3.77. The Morgan fingerprint density at radius 2 is 1.93 bits per heavy atom. The van der Waals surface area contributed by atoms with Gasteiger partial charge >= 0.3 is 0 Å². The number of halogens is 1. The number of benzene rings is 1. The molecule has 3 nitrogen and oxygen atoms in total. The van der Waals surface area contributed by atoms with Gasteiger partial charge in [-0.3, -0.25) is 4.79 Å². The van der Waals surface area contributed by atoms with Crippen LogP contribution in [0.25, 0.3) is 0 Å². The molecule has 152 valence electrons. The summed E-state index contributed by atoms with van der Waals surface area (Å²) >= 11 is 10.2. The Kier molecular flexibility index (Phi) is 7.94. The zero-order valence-electron chi connectivity index (χ0n) is 17.3. The average molecular weight is 411 g/mol. The van der Waals surface area contributed by atoms with Crippen LogP contribution in [0.3, 0.4) is 0 Å². The van der Waals surface area contributed by atoms with Gasteiger partial charge in [0.15, 0.2) is 0 Å². The Hall–Kier alpha value is -0.870. The zero-order valence-corrected chi connectivity index (χ0v) is 18.9. The van der Waals surface area contributed by atoms with Crippen molar-refractivity contribution in [3.8, 4) is 0 Å². The van der Waals surface area contributed by atoms with Gasteiger partial charge in [0, 0.05) is 30.3 Å². The Morgan fingerprint density at radius 1 is 1.22 bits per heavy atom. The van der Waals surface area contributed by atoms with Crippen molar-refractivity contribution in [2.45, 2.75) is 59.8 Å². The van der Waals surface area contributed by atoms with Crippen LogP contribution in [-0.2, 0) is 11.2 Å². The number of hydrogen-bond acceptors (Lipinski definition) is 3. The monoisotopic (exact) mass is 410 g/mol. The van der Waals surface area contributed by atoms with Gasteiger partial charge in [-0.25, -0.2) is 0 Å². The highest BCUT2D eigenvalue weighted by Gasteiger charge is 2.29. The van der Waals surface area contributed by atoms with E-state index in [1.807, 2.05) is 6.07 Å². The molecule has 1 aliphatic heterocycles. The summed E-state index contributed by atoms with van der Waals surface area (Å²) in [6, 6.07) is 6.31. The third-order valence-electron chi connectivity index (χ3n) is 5.54. The second-order valence-corrected chi connectivity index (χ2v) is 10.1. The average Bonchev–Trinajstić information content (AvgIpc) is 2.58. The van der Waals surface area contributed by atoms with E-state index in [9.17, 15) is 4.79 Å². The summed E-state index contributed by atoms with van der Waals surface area (Å²) in [4.78, 5) is 13.9. The summed E-state index contributed by atoms with van der Waals surface area (Å²) in [5.74, 6) is 0.270. The molecule has 0 fully saturated rings. The Morgan fingerprint density at radius 3 is 2.63 bits per heavy atom. The minimum Gasteiger partial charge on any atom is -0.371 e. The van der Waals surface area contributed by atoms with Gasteiger partial charge in [0.2, 0.25) is 5.91 Å². The fourth-order valence-electron chi connectivity index (χ4n) is 4.38. The Bertz CT molecular complexity index is 645. The minimum atomic E-state index is 0.0114. The number of carbonyl (C=O) groups is 1. The first-order chi connectivity index (χ1) is 12.6. The quantitative estimate of drug-likeness (QED) is 0.537. The summed E-state index contributed by atoms with van der Waals surface area (Å²) in [6.07, 6.45) is 5.60. The van der Waals surface area contributed by atoms with E-state index in [-0.39, 0.29) is 22.5 Å². The maximum atomic E-state index is 11.4. The third-order valence-corrected chi connectivity index (χ3v) is 6.06. The van der Waals surface area contributed by atoms with E-state index in [0.717, 1.165) is 50.3 Å². The van der Waals surface area contributed by atoms with Crippen molar-refractivity contribution in [3.63, 3.8) is 0 Å². The molecule has 1 heterocycles. The number of rotatable bonds is 9. The number of nitrogens with zero attached hydrogens (tertiary/aromatic N) is 1. The van der Waals surface area contributed by atoms with E-state index in [1.165, 1.54) is 17.7 Å². The Labute approximate surface area is 175 Å². The second-order valence-electron chi connectivity index (χ2n) is 9.38. The lowest BCUT2D eigenvalue weighted by molar-refractivity contribution is -0.118. The number of anilines is 1. The van der Waals surface area contributed by atoms with Crippen molar-refractivity contribution in [2.24, 2.45) is 10.8 Å². The molecular formula is C22H35ClN2OS. The molecule has 5 heteroatoms. The number of hydrogen-bond donors (Lipinski definition) is 2. The maximum Gasteiger partial charge on any atom is 0.229 e. The van der Waals surface area contributed by atoms with Crippen LogP contribution in [0.15, 0.2) is 18.2 Å². The normalized spacial score (nSPS) is 14.8. The standard InChI is InChI=1S/C22H35ClN2OS/c1-21(2,9-11-24-20(26)15-27)16-22(3,4)10-13-25-12-5-6-17-14-18(23)7-8-19(17)25/h7-8,14,27H,5-6,9-13,15-16H2,1-4H3,(H,24,26). The lowest BCUT2D eigenvalue weighted by atomic mass is 9.71. The maximum absolute atomic E-state index is 11.4. The molecule has 1 amide bonds. The largest absolute Gasteiger partial charge is 0.371 e. The number of carbonyl (C=O) groups excluding carboxylic acids is 1. The highest BCUT2D eigenvalue weighted by atomic mass is 35.5. The topological polar surface area (TPSA) is 32.3 Å². The highest BCUT2D eigenvalue weighted by Crippen LogP contribution is 2.39. The van der Waals surface area contributed by atoms with E-state index < -0.39 is 0 Å². The van der Waals surface area contributed by atoms with Gasteiger partial charge < -0.3 is 10.2 Å². The molecule has 1 aromatic carbocycles. The van der Waals surface area contributed by atoms with Crippen LogP contribution in [0, 0.1) is 10.8 Å². The van der Waals surface area contributed by atoms with Crippen molar-refractivity contribution in [3.05, 3.63) is 28.8 Å². The summed E-state index contributed by atoms with van der Waals surface area (Å²) in [7, 11) is 0. The molecule has 27 heavy (non-hydrogen) atoms. The smallest absolute Gasteiger partial charge is 0.229 e. The van der Waals surface area contributed by atoms with Crippen molar-refractivity contribution in [1.29, 1.82) is 0 Å². The van der Waals surface area contributed by atoms with Gasteiger partial charge in [0.1, 0.15) is 0 Å². The van der Waals surface area contributed by atoms with E-state index in [0.29, 0.717) is 0 Å². The van der Waals surface area contributed by atoms with E-state index in [4.69, 9.17) is 11.6 Å². The molecule has 0 saturated heterocycles. The molecule has 0 unspecified atom stereocenters. The van der Waals surface area contributed by atoms with Crippen molar-refractivity contribution in [1.82, 2.24) is 5.32 Å². The number of fused-ring (bicyclic) bond motifs is 1. The lowest BCUT2D eigenvalue weighted by Crippen LogP contribution is -2.35. The zero-order chi connectivity index (χ0) is 20.1. The van der Waals surface area contributed by atoms with Crippen LogP contribution in [0.1, 0.15) is 58.9 Å². The highest BCUT2D eigenvalue weighted by molar-refractivity contribution is 7.81. The van der Waals surface area contributed by atoms with Crippen molar-refractivity contribution >= 4 is 35.8 Å². The fraction of sp³-hybridized carbons (Fsp3) is 0.682. The number of nitrogens with one attached hydrogen (secondary N) is 1. The molecule has 1 N–H and O–H groups in total. The fourth-order valence-corrected chi connectivity index (χ4v) is 4.69. The molecule has 0 atom stereocenters. The molecule has 0 aromatic heterocycles. The molecule has 0 aliphatic carbocycles. The Balaban J connectivity index is 1.88. The first-order valence-corrected chi connectivity index (χ1v) is 11.0. The molecule has 0 spiro atoms. The first kappa shape index (κ1) is 22.4. The number of thiol groups is 1. The summed E-state index contributed by atoms with van der Waals surface area (Å²) < 4.78 is 0. The van der Waals surface area contributed by atoms with Crippen LogP contribution in [0.5, 0.6) is 0 Å². The van der Waals surface area contributed by atoms with Crippen LogP contribution in [0.2, 0.25) is 5.02 Å². The third kappa shape index (κ3) is 7.23. The second kappa shape index (κ2) is 9.56. The van der Waals surface area contributed by atoms with Gasteiger partial charge in [-0.2, -0.15) is 12.6 Å². The minimum absolute atomic E-state index is 0.0114. The van der Waals surface area contributed by atoms with Crippen molar-refractivity contribution < 1.29 is 4.79 Å². The molecular weight excluding hydrogens is 376 g/mol. The number of amides is 1. The predicted molar refractivity (Wildman–Crippen MR) is 120 cm³/mol. The summed E-state index contributed by atoms with van der Waals surface area (Å²) in [6.45, 7) is 12.3. The van der Waals surface area contributed by atoms with Gasteiger partial charge in [0.25, 0.3) is 0 Å². The van der Waals surface area contributed by atoms with Gasteiger partial charge in [-0.15, -0.1) is 0 Å². The van der Waals surface area contributed by atoms with E-state index >= 15 is 0 Å². The predicted octanol–water partition coefficient (Wildman–Crippen LogP) is 5.36. The van der Waals surface area contributed by atoms with Crippen molar-refractivity contribution in [2.75, 3.05) is 30.3 Å². The van der Waals surface area contributed by atoms with Gasteiger partial charge in [-0.1, -0.05) is 39.3 Å². The van der Waals surface area contributed by atoms with Crippen LogP contribution < -0.4 is 10.2 Å². The number of aryl methyl sites for hydroxylation is 1. The van der Waals surface area contributed by atoms with E-state index in [2.05, 4.69) is 62.7 Å². The SMILES string of the molecule is CC(C)(CCNC(=O)CS)CC(C)(C)CCN1CCCc2cc(Cl)ccc21. The molecule has 2 rings (SSSR count). The molecule has 1 aliphatic rings. The van der Waals surface area contributed by atoms with Crippen LogP contribution >= 0.6 is 24.2 Å². The lowest BCUT2D eigenvalue weighted by Gasteiger charge is -2.38. The summed E-state index contributed by atoms with van der Waals surface area (Å²) in [5.41, 5.74) is 3.18. The molecule has 0 radical (unpaired) electrons. The van der Waals surface area contributed by atoms with Gasteiger partial charge in [0.05, 0.1) is 5.75 Å². The first-order valence-electron chi connectivity index (χ1n) is 10.0. The molecule has 1 aromatic rings. The van der Waals surface area contributed by atoms with E-state index in [1.54, 1.807) is 0 Å². The van der Waals surface area contributed by atoms with Crippen LogP contribution in [0.4, 0.5) is 5.69 Å².